The topological polar surface area (TPSA) is 69.7 Å². The molecule has 0 atom stereocenters. The number of para-hydroxylation sites is 1. The van der Waals surface area contributed by atoms with Crippen molar-refractivity contribution in [1.82, 2.24) is 4.90 Å². The number of unbranched alkanes of at least 4 members (excludes halogenated alkanes) is 1. The van der Waals surface area contributed by atoms with Gasteiger partial charge in [0, 0.05) is 43.1 Å². The van der Waals surface area contributed by atoms with Crippen LogP contribution in [0.4, 0.5) is 11.4 Å². The first-order chi connectivity index (χ1) is 17.8. The van der Waals surface area contributed by atoms with Crippen molar-refractivity contribution in [2.75, 3.05) is 35.8 Å². The van der Waals surface area contributed by atoms with E-state index in [1.54, 1.807) is 24.3 Å². The van der Waals surface area contributed by atoms with Gasteiger partial charge in [0.25, 0.3) is 15.9 Å². The number of nitrogens with one attached hydrogen (secondary N) is 1. The van der Waals surface area contributed by atoms with E-state index in [0.29, 0.717) is 24.3 Å². The third-order valence-corrected chi connectivity index (χ3v) is 8.43. The third kappa shape index (κ3) is 6.34. The number of carbonyl (C=O) groups is 1. The molecule has 1 amide bonds. The van der Waals surface area contributed by atoms with Crippen LogP contribution in [0.1, 0.15) is 53.7 Å². The van der Waals surface area contributed by atoms with Crippen LogP contribution in [0.3, 0.4) is 0 Å². The van der Waals surface area contributed by atoms with Gasteiger partial charge in [0.15, 0.2) is 0 Å². The van der Waals surface area contributed by atoms with Gasteiger partial charge < -0.3 is 9.80 Å². The molecule has 0 aliphatic carbocycles. The zero-order valence-electron chi connectivity index (χ0n) is 22.0. The zero-order valence-corrected chi connectivity index (χ0v) is 22.9. The highest BCUT2D eigenvalue weighted by Crippen LogP contribution is 2.25. The highest BCUT2D eigenvalue weighted by atomic mass is 32.2. The maximum Gasteiger partial charge on any atom is 0.261 e. The normalized spacial score (nSPS) is 14.0. The number of sulfonamides is 1. The fourth-order valence-corrected chi connectivity index (χ4v) is 5.86. The van der Waals surface area contributed by atoms with E-state index in [4.69, 9.17) is 0 Å². The second-order valence-corrected chi connectivity index (χ2v) is 11.3. The lowest BCUT2D eigenvalue weighted by atomic mass is 10.1. The molecular weight excluding hydrogens is 482 g/mol. The van der Waals surface area contributed by atoms with Crippen LogP contribution in [0.2, 0.25) is 0 Å². The Hall–Kier alpha value is -3.32. The molecule has 196 valence electrons. The van der Waals surface area contributed by atoms with Crippen LogP contribution < -0.4 is 9.62 Å². The predicted molar refractivity (Wildman–Crippen MR) is 151 cm³/mol. The summed E-state index contributed by atoms with van der Waals surface area (Å²) in [4.78, 5) is 17.7. The van der Waals surface area contributed by atoms with Crippen molar-refractivity contribution in [2.45, 2.75) is 51.3 Å². The number of benzene rings is 3. The molecule has 4 rings (SSSR count). The number of piperazine rings is 1. The maximum atomic E-state index is 13.4. The number of hydrogen-bond donors (Lipinski definition) is 1. The molecule has 1 aliphatic rings. The third-order valence-electron chi connectivity index (χ3n) is 7.05. The van der Waals surface area contributed by atoms with Crippen LogP contribution >= 0.6 is 0 Å². The fraction of sp³-hybridized carbons (Fsp3) is 0.367. The molecule has 1 saturated heterocycles. The van der Waals surface area contributed by atoms with E-state index in [1.165, 1.54) is 22.9 Å². The number of carbonyl (C=O) groups excluding carboxylic acids is 1. The van der Waals surface area contributed by atoms with Gasteiger partial charge in [0.05, 0.1) is 4.90 Å². The SMILES string of the molecule is CCCCc1ccc(NS(=O)(=O)c2ccc(C)c(C(=O)N3CCN(c4ccccc4CC)CC3)c2)cc1. The van der Waals surface area contributed by atoms with Crippen LogP contribution in [0.5, 0.6) is 0 Å². The molecule has 1 heterocycles. The van der Waals surface area contributed by atoms with E-state index in [2.05, 4.69) is 47.7 Å². The lowest BCUT2D eigenvalue weighted by Crippen LogP contribution is -2.49. The van der Waals surface area contributed by atoms with Crippen molar-refractivity contribution in [1.29, 1.82) is 0 Å². The van der Waals surface area contributed by atoms with Crippen molar-refractivity contribution in [3.05, 3.63) is 89.0 Å². The summed E-state index contributed by atoms with van der Waals surface area (Å²) in [5.41, 5.74) is 5.43. The summed E-state index contributed by atoms with van der Waals surface area (Å²) in [5, 5.41) is 0. The molecule has 0 radical (unpaired) electrons. The van der Waals surface area contributed by atoms with Crippen LogP contribution in [-0.2, 0) is 22.9 Å². The second kappa shape index (κ2) is 11.8. The van der Waals surface area contributed by atoms with E-state index >= 15 is 0 Å². The Kier molecular flexibility index (Phi) is 8.54. The lowest BCUT2D eigenvalue weighted by molar-refractivity contribution is 0.0745. The maximum absolute atomic E-state index is 13.4. The van der Waals surface area contributed by atoms with Gasteiger partial charge in [-0.3, -0.25) is 9.52 Å². The minimum Gasteiger partial charge on any atom is -0.368 e. The predicted octanol–water partition coefficient (Wildman–Crippen LogP) is 5.66. The standard InChI is InChI=1S/C30H37N3O3S/c1-4-6-9-24-13-15-26(16-14-24)31-37(35,36)27-17-12-23(3)28(22-27)30(34)33-20-18-32(19-21-33)29-11-8-7-10-25(29)5-2/h7-8,10-17,22,31H,4-6,9,18-21H2,1-3H3. The largest absolute Gasteiger partial charge is 0.368 e. The summed E-state index contributed by atoms with van der Waals surface area (Å²) in [7, 11) is -3.83. The van der Waals surface area contributed by atoms with Gasteiger partial charge in [0.2, 0.25) is 0 Å². The van der Waals surface area contributed by atoms with Crippen molar-refractivity contribution >= 4 is 27.3 Å². The number of hydrogen-bond acceptors (Lipinski definition) is 4. The molecule has 0 unspecified atom stereocenters. The van der Waals surface area contributed by atoms with Crippen molar-refractivity contribution in [2.24, 2.45) is 0 Å². The number of rotatable bonds is 9. The fourth-order valence-electron chi connectivity index (χ4n) is 4.77. The second-order valence-electron chi connectivity index (χ2n) is 9.64. The molecule has 1 fully saturated rings. The molecule has 0 spiro atoms. The van der Waals surface area contributed by atoms with E-state index in [1.807, 2.05) is 24.0 Å². The Morgan fingerprint density at radius 2 is 1.62 bits per heavy atom. The van der Waals surface area contributed by atoms with Crippen LogP contribution in [0.25, 0.3) is 0 Å². The summed E-state index contributed by atoms with van der Waals surface area (Å²) in [6, 6.07) is 20.7. The summed E-state index contributed by atoms with van der Waals surface area (Å²) in [5.74, 6) is -0.127. The van der Waals surface area contributed by atoms with Crippen molar-refractivity contribution in [3.8, 4) is 0 Å². The molecule has 7 heteroatoms. The minimum absolute atomic E-state index is 0.0898. The number of amides is 1. The number of aryl methyl sites for hydroxylation is 3. The van der Waals surface area contributed by atoms with E-state index in [0.717, 1.165) is 44.3 Å². The molecule has 6 nitrogen and oxygen atoms in total. The number of nitrogens with zero attached hydrogens (tertiary/aromatic N) is 2. The molecule has 0 aromatic heterocycles. The summed E-state index contributed by atoms with van der Waals surface area (Å²) < 4.78 is 28.9. The molecule has 1 aliphatic heterocycles. The van der Waals surface area contributed by atoms with E-state index in [-0.39, 0.29) is 10.8 Å². The van der Waals surface area contributed by atoms with Gasteiger partial charge in [-0.15, -0.1) is 0 Å². The Labute approximate surface area is 221 Å². The van der Waals surface area contributed by atoms with Gasteiger partial charge in [-0.25, -0.2) is 8.42 Å². The van der Waals surface area contributed by atoms with Gasteiger partial charge in [-0.1, -0.05) is 56.7 Å². The van der Waals surface area contributed by atoms with Crippen LogP contribution in [-0.4, -0.2) is 45.4 Å². The van der Waals surface area contributed by atoms with Gasteiger partial charge >= 0.3 is 0 Å². The Balaban J connectivity index is 1.46. The summed E-state index contributed by atoms with van der Waals surface area (Å²) in [6.07, 6.45) is 4.16. The van der Waals surface area contributed by atoms with Crippen LogP contribution in [0.15, 0.2) is 71.6 Å². The lowest BCUT2D eigenvalue weighted by Gasteiger charge is -2.37. The highest BCUT2D eigenvalue weighted by Gasteiger charge is 2.26. The molecule has 0 saturated carbocycles. The Bertz CT molecular complexity index is 1330. The molecular formula is C30H37N3O3S. The van der Waals surface area contributed by atoms with Crippen molar-refractivity contribution in [3.63, 3.8) is 0 Å². The monoisotopic (exact) mass is 519 g/mol. The molecule has 37 heavy (non-hydrogen) atoms. The molecule has 3 aromatic carbocycles. The smallest absolute Gasteiger partial charge is 0.261 e. The minimum atomic E-state index is -3.83. The van der Waals surface area contributed by atoms with E-state index < -0.39 is 10.0 Å². The molecule has 0 bridgehead atoms. The first kappa shape index (κ1) is 26.7. The Morgan fingerprint density at radius 1 is 0.919 bits per heavy atom. The first-order valence-electron chi connectivity index (χ1n) is 13.2. The average molecular weight is 520 g/mol. The van der Waals surface area contributed by atoms with Crippen LogP contribution in [0, 0.1) is 6.92 Å². The van der Waals surface area contributed by atoms with Gasteiger partial charge in [0.1, 0.15) is 0 Å². The molecule has 1 N–H and O–H groups in total. The quantitative estimate of drug-likeness (QED) is 0.396. The zero-order chi connectivity index (χ0) is 26.4. The van der Waals surface area contributed by atoms with Gasteiger partial charge in [-0.05, 0) is 73.2 Å². The summed E-state index contributed by atoms with van der Waals surface area (Å²) in [6.45, 7) is 8.83. The first-order valence-corrected chi connectivity index (χ1v) is 14.6. The number of anilines is 2. The average Bonchev–Trinajstić information content (AvgIpc) is 2.92. The molecule has 3 aromatic rings. The Morgan fingerprint density at radius 3 is 2.30 bits per heavy atom. The van der Waals surface area contributed by atoms with E-state index in [9.17, 15) is 13.2 Å². The van der Waals surface area contributed by atoms with Gasteiger partial charge in [-0.2, -0.15) is 0 Å². The summed E-state index contributed by atoms with van der Waals surface area (Å²) >= 11 is 0. The highest BCUT2D eigenvalue weighted by molar-refractivity contribution is 7.92. The van der Waals surface area contributed by atoms with Crippen molar-refractivity contribution < 1.29 is 13.2 Å².